The van der Waals surface area contributed by atoms with Gasteiger partial charge in [-0.15, -0.1) is 0 Å². The van der Waals surface area contributed by atoms with Crippen LogP contribution in [-0.2, 0) is 4.79 Å². The number of amides is 1. The topological polar surface area (TPSA) is 37.4 Å². The molecule has 1 aliphatic heterocycles. The van der Waals surface area contributed by atoms with Crippen LogP contribution in [-0.4, -0.2) is 29.2 Å². The minimum atomic E-state index is 0.0120. The molecule has 0 aliphatic carbocycles. The summed E-state index contributed by atoms with van der Waals surface area (Å²) in [6.45, 7) is 2.33. The predicted molar refractivity (Wildman–Crippen MR) is 85.8 cm³/mol. The van der Waals surface area contributed by atoms with Crippen molar-refractivity contribution in [2.75, 3.05) is 6.54 Å². The Bertz CT molecular complexity index is 510. The Kier molecular flexibility index (Phi) is 5.38. The number of Topliss-reactive ketones (excluding diaryl/α,β-unsaturated/α-hetero) is 1. The minimum Gasteiger partial charge on any atom is -0.335 e. The van der Waals surface area contributed by atoms with Crippen molar-refractivity contribution in [1.29, 1.82) is 0 Å². The maximum atomic E-state index is 12.7. The van der Waals surface area contributed by atoms with Gasteiger partial charge in [0, 0.05) is 33.5 Å². The summed E-state index contributed by atoms with van der Waals surface area (Å²) in [4.78, 5) is 25.9. The SMILES string of the molecule is CC(=O)CC1CCCCN1C(=O)c1cc(Br)cc(Br)c1. The lowest BCUT2D eigenvalue weighted by molar-refractivity contribution is -0.118. The molecule has 1 fully saturated rings. The van der Waals surface area contributed by atoms with Crippen LogP contribution in [0, 0.1) is 0 Å². The third kappa shape index (κ3) is 3.92. The van der Waals surface area contributed by atoms with E-state index in [2.05, 4.69) is 31.9 Å². The van der Waals surface area contributed by atoms with E-state index in [1.165, 1.54) is 0 Å². The summed E-state index contributed by atoms with van der Waals surface area (Å²) in [6.07, 6.45) is 3.47. The van der Waals surface area contributed by atoms with Crippen LogP contribution in [0.2, 0.25) is 0 Å². The molecule has 0 bridgehead atoms. The lowest BCUT2D eigenvalue weighted by atomic mass is 9.97. The van der Waals surface area contributed by atoms with Crippen LogP contribution in [0.15, 0.2) is 27.1 Å². The van der Waals surface area contributed by atoms with E-state index in [1.807, 2.05) is 23.1 Å². The average molecular weight is 403 g/mol. The Balaban J connectivity index is 2.22. The summed E-state index contributed by atoms with van der Waals surface area (Å²) in [7, 11) is 0. The van der Waals surface area contributed by atoms with Crippen molar-refractivity contribution in [1.82, 2.24) is 4.90 Å². The molecule has 1 heterocycles. The Hall–Kier alpha value is -0.680. The van der Waals surface area contributed by atoms with Gasteiger partial charge in [-0.2, -0.15) is 0 Å². The molecule has 1 atom stereocenters. The largest absolute Gasteiger partial charge is 0.335 e. The lowest BCUT2D eigenvalue weighted by Gasteiger charge is -2.35. The Morgan fingerprint density at radius 3 is 2.45 bits per heavy atom. The molecule has 0 aromatic heterocycles. The van der Waals surface area contributed by atoms with Gasteiger partial charge in [0.15, 0.2) is 0 Å². The quantitative estimate of drug-likeness (QED) is 0.760. The molecule has 1 saturated heterocycles. The van der Waals surface area contributed by atoms with Gasteiger partial charge < -0.3 is 4.90 Å². The fourth-order valence-electron chi connectivity index (χ4n) is 2.66. The van der Waals surface area contributed by atoms with Crippen molar-refractivity contribution in [2.45, 2.75) is 38.6 Å². The molecule has 5 heteroatoms. The lowest BCUT2D eigenvalue weighted by Crippen LogP contribution is -2.44. The molecule has 1 unspecified atom stereocenters. The molecule has 0 N–H and O–H groups in total. The highest BCUT2D eigenvalue weighted by atomic mass is 79.9. The van der Waals surface area contributed by atoms with Gasteiger partial charge in [-0.1, -0.05) is 31.9 Å². The first-order valence-corrected chi connectivity index (χ1v) is 8.32. The number of hydrogen-bond donors (Lipinski definition) is 0. The molecular weight excluding hydrogens is 386 g/mol. The number of carbonyl (C=O) groups excluding carboxylic acids is 2. The molecule has 3 nitrogen and oxygen atoms in total. The highest BCUT2D eigenvalue weighted by Crippen LogP contribution is 2.25. The maximum Gasteiger partial charge on any atom is 0.254 e. The Labute approximate surface area is 136 Å². The van der Waals surface area contributed by atoms with E-state index in [9.17, 15) is 9.59 Å². The monoisotopic (exact) mass is 401 g/mol. The van der Waals surface area contributed by atoms with Crippen molar-refractivity contribution in [3.63, 3.8) is 0 Å². The van der Waals surface area contributed by atoms with Gasteiger partial charge in [0.25, 0.3) is 5.91 Å². The van der Waals surface area contributed by atoms with Gasteiger partial charge in [-0.05, 0) is 44.4 Å². The minimum absolute atomic E-state index is 0.0120. The van der Waals surface area contributed by atoms with Crippen LogP contribution in [0.25, 0.3) is 0 Å². The fourth-order valence-corrected chi connectivity index (χ4v) is 3.95. The van der Waals surface area contributed by atoms with E-state index in [4.69, 9.17) is 0 Å². The molecule has 1 aromatic rings. The van der Waals surface area contributed by atoms with Crippen molar-refractivity contribution in [2.24, 2.45) is 0 Å². The molecule has 0 saturated carbocycles. The predicted octanol–water partition coefficient (Wildman–Crippen LogP) is 4.19. The third-order valence-corrected chi connectivity index (χ3v) is 4.44. The standard InChI is InChI=1S/C15H17Br2NO2/c1-10(19)6-14-4-2-3-5-18(14)15(20)11-7-12(16)9-13(17)8-11/h7-9,14H,2-6H2,1H3. The van der Waals surface area contributed by atoms with Gasteiger partial charge in [0.05, 0.1) is 0 Å². The number of hydrogen-bond acceptors (Lipinski definition) is 2. The molecule has 20 heavy (non-hydrogen) atoms. The third-order valence-electron chi connectivity index (χ3n) is 3.52. The fraction of sp³-hybridized carbons (Fsp3) is 0.467. The van der Waals surface area contributed by atoms with Gasteiger partial charge in [-0.25, -0.2) is 0 Å². The highest BCUT2D eigenvalue weighted by molar-refractivity contribution is 9.11. The second-order valence-electron chi connectivity index (χ2n) is 5.21. The van der Waals surface area contributed by atoms with E-state index in [-0.39, 0.29) is 17.7 Å². The number of likely N-dealkylation sites (tertiary alicyclic amines) is 1. The van der Waals surface area contributed by atoms with E-state index >= 15 is 0 Å². The zero-order chi connectivity index (χ0) is 14.7. The second-order valence-corrected chi connectivity index (χ2v) is 7.04. The Morgan fingerprint density at radius 2 is 1.85 bits per heavy atom. The van der Waals surface area contributed by atoms with E-state index in [0.29, 0.717) is 12.0 Å². The van der Waals surface area contributed by atoms with Gasteiger partial charge in [-0.3, -0.25) is 9.59 Å². The van der Waals surface area contributed by atoms with Crippen LogP contribution in [0.3, 0.4) is 0 Å². The molecule has 2 rings (SSSR count). The number of ketones is 1. The number of rotatable bonds is 3. The number of halogens is 2. The molecular formula is C15H17Br2NO2. The van der Waals surface area contributed by atoms with Gasteiger partial charge >= 0.3 is 0 Å². The molecule has 0 spiro atoms. The second kappa shape index (κ2) is 6.85. The normalized spacial score (nSPS) is 18.9. The molecule has 1 amide bonds. The number of benzene rings is 1. The Morgan fingerprint density at radius 1 is 1.20 bits per heavy atom. The van der Waals surface area contributed by atoms with E-state index < -0.39 is 0 Å². The van der Waals surface area contributed by atoms with Crippen LogP contribution in [0.4, 0.5) is 0 Å². The van der Waals surface area contributed by atoms with Crippen molar-refractivity contribution in [3.8, 4) is 0 Å². The number of piperidine rings is 1. The van der Waals surface area contributed by atoms with E-state index in [1.54, 1.807) is 6.92 Å². The summed E-state index contributed by atoms with van der Waals surface area (Å²) < 4.78 is 1.74. The first-order valence-electron chi connectivity index (χ1n) is 6.74. The summed E-state index contributed by atoms with van der Waals surface area (Å²) in [5, 5.41) is 0. The molecule has 108 valence electrons. The summed E-state index contributed by atoms with van der Waals surface area (Å²) in [6, 6.07) is 5.60. The summed E-state index contributed by atoms with van der Waals surface area (Å²) >= 11 is 6.81. The number of carbonyl (C=O) groups is 2. The zero-order valence-corrected chi connectivity index (χ0v) is 14.5. The van der Waals surface area contributed by atoms with Crippen LogP contribution >= 0.6 is 31.9 Å². The van der Waals surface area contributed by atoms with Crippen LogP contribution in [0.5, 0.6) is 0 Å². The average Bonchev–Trinajstić information content (AvgIpc) is 2.36. The molecule has 1 aromatic carbocycles. The zero-order valence-electron chi connectivity index (χ0n) is 11.4. The smallest absolute Gasteiger partial charge is 0.254 e. The van der Waals surface area contributed by atoms with Gasteiger partial charge in [0.2, 0.25) is 0 Å². The summed E-state index contributed by atoms with van der Waals surface area (Å²) in [5.74, 6) is 0.156. The first kappa shape index (κ1) is 15.7. The van der Waals surface area contributed by atoms with Crippen LogP contribution < -0.4 is 0 Å². The van der Waals surface area contributed by atoms with Crippen molar-refractivity contribution >= 4 is 43.6 Å². The summed E-state index contributed by atoms with van der Waals surface area (Å²) in [5.41, 5.74) is 0.654. The number of nitrogens with zero attached hydrogens (tertiary/aromatic N) is 1. The van der Waals surface area contributed by atoms with E-state index in [0.717, 1.165) is 34.8 Å². The van der Waals surface area contributed by atoms with Gasteiger partial charge in [0.1, 0.15) is 5.78 Å². The van der Waals surface area contributed by atoms with Crippen molar-refractivity contribution in [3.05, 3.63) is 32.7 Å². The highest BCUT2D eigenvalue weighted by Gasteiger charge is 2.28. The first-order chi connectivity index (χ1) is 9.47. The molecule has 0 radical (unpaired) electrons. The van der Waals surface area contributed by atoms with Crippen LogP contribution in [0.1, 0.15) is 43.0 Å². The maximum absolute atomic E-state index is 12.7. The molecule has 1 aliphatic rings. The van der Waals surface area contributed by atoms with Crippen molar-refractivity contribution < 1.29 is 9.59 Å².